The minimum atomic E-state index is -0.0879. The zero-order valence-electron chi connectivity index (χ0n) is 10.9. The van der Waals surface area contributed by atoms with Crippen LogP contribution in [0.4, 0.5) is 5.69 Å². The van der Waals surface area contributed by atoms with Gasteiger partial charge in [0, 0.05) is 25.0 Å². The Bertz CT molecular complexity index is 485. The molecule has 0 fully saturated rings. The minimum Gasteiger partial charge on any atom is -0.495 e. The third-order valence-corrected chi connectivity index (χ3v) is 2.78. The van der Waals surface area contributed by atoms with E-state index in [1.54, 1.807) is 32.4 Å². The van der Waals surface area contributed by atoms with Gasteiger partial charge in [-0.2, -0.15) is 5.26 Å². The SMILES string of the molecule is COc1ccc(Cl)cc1NCCC(=O)N(C)CC#N. The van der Waals surface area contributed by atoms with Crippen molar-refractivity contribution in [2.45, 2.75) is 6.42 Å². The number of anilines is 1. The van der Waals surface area contributed by atoms with Gasteiger partial charge in [0.1, 0.15) is 12.3 Å². The summed E-state index contributed by atoms with van der Waals surface area (Å²) in [7, 11) is 3.17. The van der Waals surface area contributed by atoms with E-state index in [-0.39, 0.29) is 12.5 Å². The molecule has 0 saturated heterocycles. The summed E-state index contributed by atoms with van der Waals surface area (Å²) >= 11 is 5.90. The highest BCUT2D eigenvalue weighted by atomic mass is 35.5. The monoisotopic (exact) mass is 281 g/mol. The molecule has 1 rings (SSSR count). The van der Waals surface area contributed by atoms with Crippen molar-refractivity contribution < 1.29 is 9.53 Å². The second kappa shape index (κ2) is 7.49. The molecule has 0 unspecified atom stereocenters. The summed E-state index contributed by atoms with van der Waals surface area (Å²) < 4.78 is 5.18. The molecular formula is C13H16ClN3O2. The summed E-state index contributed by atoms with van der Waals surface area (Å²) in [5.74, 6) is 0.581. The van der Waals surface area contributed by atoms with Gasteiger partial charge in [-0.3, -0.25) is 4.79 Å². The predicted molar refractivity (Wildman–Crippen MR) is 74.4 cm³/mol. The van der Waals surface area contributed by atoms with Gasteiger partial charge in [0.2, 0.25) is 5.91 Å². The first-order valence-corrected chi connectivity index (χ1v) is 6.14. The van der Waals surface area contributed by atoms with Gasteiger partial charge in [-0.1, -0.05) is 11.6 Å². The van der Waals surface area contributed by atoms with Crippen LogP contribution in [0.1, 0.15) is 6.42 Å². The van der Waals surface area contributed by atoms with E-state index in [9.17, 15) is 4.79 Å². The highest BCUT2D eigenvalue weighted by Gasteiger charge is 2.08. The summed E-state index contributed by atoms with van der Waals surface area (Å²) in [4.78, 5) is 13.0. The number of nitriles is 1. The molecule has 5 nitrogen and oxygen atoms in total. The fourth-order valence-electron chi connectivity index (χ4n) is 1.51. The predicted octanol–water partition coefficient (Wildman–Crippen LogP) is 2.13. The number of carbonyl (C=O) groups excluding carboxylic acids is 1. The van der Waals surface area contributed by atoms with E-state index in [1.807, 2.05) is 6.07 Å². The maximum Gasteiger partial charge on any atom is 0.224 e. The average molecular weight is 282 g/mol. The number of hydrogen-bond acceptors (Lipinski definition) is 4. The quantitative estimate of drug-likeness (QED) is 0.811. The molecule has 0 aliphatic carbocycles. The van der Waals surface area contributed by atoms with Gasteiger partial charge >= 0.3 is 0 Å². The van der Waals surface area contributed by atoms with Gasteiger partial charge in [-0.05, 0) is 18.2 Å². The summed E-state index contributed by atoms with van der Waals surface area (Å²) in [5, 5.41) is 12.2. The van der Waals surface area contributed by atoms with E-state index in [0.29, 0.717) is 23.7 Å². The topological polar surface area (TPSA) is 65.4 Å². The van der Waals surface area contributed by atoms with E-state index in [4.69, 9.17) is 21.6 Å². The average Bonchev–Trinajstić information content (AvgIpc) is 2.39. The molecule has 6 heteroatoms. The van der Waals surface area contributed by atoms with Crippen LogP contribution < -0.4 is 10.1 Å². The van der Waals surface area contributed by atoms with Crippen molar-refractivity contribution >= 4 is 23.2 Å². The molecule has 0 aromatic heterocycles. The molecule has 0 spiro atoms. The third kappa shape index (κ3) is 4.68. The molecule has 1 aromatic carbocycles. The standard InChI is InChI=1S/C13H16ClN3O2/c1-17(8-6-15)13(18)5-7-16-11-9-10(14)3-4-12(11)19-2/h3-4,9,16H,5,7-8H2,1-2H3. The van der Waals surface area contributed by atoms with E-state index < -0.39 is 0 Å². The van der Waals surface area contributed by atoms with Gasteiger partial charge in [0.25, 0.3) is 0 Å². The zero-order valence-corrected chi connectivity index (χ0v) is 11.7. The number of nitrogens with zero attached hydrogens (tertiary/aromatic N) is 2. The fourth-order valence-corrected chi connectivity index (χ4v) is 1.68. The van der Waals surface area contributed by atoms with Crippen molar-refractivity contribution in [2.24, 2.45) is 0 Å². The van der Waals surface area contributed by atoms with Crippen molar-refractivity contribution in [2.75, 3.05) is 32.6 Å². The second-order valence-electron chi connectivity index (χ2n) is 3.93. The molecule has 19 heavy (non-hydrogen) atoms. The number of benzene rings is 1. The van der Waals surface area contributed by atoms with Crippen molar-refractivity contribution in [3.8, 4) is 11.8 Å². The Morgan fingerprint density at radius 1 is 1.58 bits per heavy atom. The van der Waals surface area contributed by atoms with Crippen molar-refractivity contribution in [3.63, 3.8) is 0 Å². The summed E-state index contributed by atoms with van der Waals surface area (Å²) in [6, 6.07) is 7.16. The van der Waals surface area contributed by atoms with Gasteiger partial charge in [0.05, 0.1) is 18.9 Å². The maximum atomic E-state index is 11.6. The Morgan fingerprint density at radius 2 is 2.32 bits per heavy atom. The minimum absolute atomic E-state index is 0.0879. The van der Waals surface area contributed by atoms with Crippen molar-refractivity contribution in [1.29, 1.82) is 5.26 Å². The molecule has 102 valence electrons. The molecule has 0 heterocycles. The van der Waals surface area contributed by atoms with Crippen LogP contribution in [0.3, 0.4) is 0 Å². The van der Waals surface area contributed by atoms with E-state index in [0.717, 1.165) is 5.69 Å². The zero-order chi connectivity index (χ0) is 14.3. The first kappa shape index (κ1) is 15.1. The molecular weight excluding hydrogens is 266 g/mol. The molecule has 0 aliphatic heterocycles. The molecule has 0 atom stereocenters. The lowest BCUT2D eigenvalue weighted by Crippen LogP contribution is -2.28. The number of nitrogens with one attached hydrogen (secondary N) is 1. The third-order valence-electron chi connectivity index (χ3n) is 2.55. The first-order valence-electron chi connectivity index (χ1n) is 5.76. The molecule has 0 saturated carbocycles. The van der Waals surface area contributed by atoms with Gasteiger partial charge in [-0.25, -0.2) is 0 Å². The fraction of sp³-hybridized carbons (Fsp3) is 0.385. The summed E-state index contributed by atoms with van der Waals surface area (Å²) in [6.07, 6.45) is 0.299. The molecule has 0 radical (unpaired) electrons. The smallest absolute Gasteiger partial charge is 0.224 e. The number of hydrogen-bond donors (Lipinski definition) is 1. The Balaban J connectivity index is 2.51. The maximum absolute atomic E-state index is 11.6. The van der Waals surface area contributed by atoms with Crippen LogP contribution in [0.15, 0.2) is 18.2 Å². The molecule has 1 N–H and O–H groups in total. The number of methoxy groups -OCH3 is 1. The summed E-state index contributed by atoms with van der Waals surface area (Å²) in [5.41, 5.74) is 0.741. The van der Waals surface area contributed by atoms with Gasteiger partial charge in [-0.15, -0.1) is 0 Å². The van der Waals surface area contributed by atoms with Crippen LogP contribution in [0.25, 0.3) is 0 Å². The number of ether oxygens (including phenoxy) is 1. The normalized spacial score (nSPS) is 9.58. The highest BCUT2D eigenvalue weighted by Crippen LogP contribution is 2.27. The second-order valence-corrected chi connectivity index (χ2v) is 4.37. The Morgan fingerprint density at radius 3 is 2.95 bits per heavy atom. The molecule has 1 amide bonds. The number of carbonyl (C=O) groups is 1. The number of rotatable bonds is 6. The van der Waals surface area contributed by atoms with Crippen LogP contribution in [-0.2, 0) is 4.79 Å². The van der Waals surface area contributed by atoms with Crippen LogP contribution in [-0.4, -0.2) is 38.1 Å². The molecule has 1 aromatic rings. The van der Waals surface area contributed by atoms with Crippen molar-refractivity contribution in [1.82, 2.24) is 4.90 Å². The number of halogens is 1. The Labute approximate surface area is 117 Å². The van der Waals surface area contributed by atoms with Crippen LogP contribution >= 0.6 is 11.6 Å². The Hall–Kier alpha value is -1.93. The lowest BCUT2D eigenvalue weighted by atomic mass is 10.2. The lowest BCUT2D eigenvalue weighted by molar-refractivity contribution is -0.129. The van der Waals surface area contributed by atoms with Crippen LogP contribution in [0, 0.1) is 11.3 Å². The van der Waals surface area contributed by atoms with E-state index in [1.165, 1.54) is 4.90 Å². The van der Waals surface area contributed by atoms with Crippen molar-refractivity contribution in [3.05, 3.63) is 23.2 Å². The van der Waals surface area contributed by atoms with E-state index >= 15 is 0 Å². The van der Waals surface area contributed by atoms with Gasteiger partial charge < -0.3 is 15.0 Å². The largest absolute Gasteiger partial charge is 0.495 e. The molecule has 0 bridgehead atoms. The van der Waals surface area contributed by atoms with Crippen LogP contribution in [0.5, 0.6) is 5.75 Å². The summed E-state index contributed by atoms with van der Waals surface area (Å²) in [6.45, 7) is 0.546. The van der Waals surface area contributed by atoms with E-state index in [2.05, 4.69) is 5.32 Å². The number of amides is 1. The van der Waals surface area contributed by atoms with Crippen LogP contribution in [0.2, 0.25) is 5.02 Å². The lowest BCUT2D eigenvalue weighted by Gasteiger charge is -2.14. The Kier molecular flexibility index (Phi) is 5.97. The van der Waals surface area contributed by atoms with Gasteiger partial charge in [0.15, 0.2) is 0 Å². The molecule has 0 aliphatic rings. The first-order chi connectivity index (χ1) is 9.08. The highest BCUT2D eigenvalue weighted by molar-refractivity contribution is 6.30.